The molecule has 0 radical (unpaired) electrons. The molecule has 0 atom stereocenters. The van der Waals surface area contributed by atoms with Gasteiger partial charge in [-0.25, -0.2) is 4.79 Å². The van der Waals surface area contributed by atoms with Gasteiger partial charge in [-0.3, -0.25) is 0 Å². The normalized spacial score (nSPS) is 14.0. The third kappa shape index (κ3) is 5.56. The lowest BCUT2D eigenvalue weighted by Gasteiger charge is -2.13. The van der Waals surface area contributed by atoms with Crippen LogP contribution in [0, 0.1) is 0 Å². The highest BCUT2D eigenvalue weighted by Crippen LogP contribution is 2.29. The van der Waals surface area contributed by atoms with Crippen molar-refractivity contribution in [3.05, 3.63) is 28.8 Å². The van der Waals surface area contributed by atoms with Crippen LogP contribution in [0.15, 0.2) is 18.2 Å². The standard InChI is InChI=1S/C16H22ClNO3/c1-2-3-9-20-15(19)11-21-16-12(5-4-6-14(16)17)10-18-13-7-8-13/h4-6,13,18H,2-3,7-11H2,1H3. The molecule has 1 aromatic carbocycles. The van der Waals surface area contributed by atoms with Gasteiger partial charge in [0.05, 0.1) is 11.6 Å². The van der Waals surface area contributed by atoms with Crippen molar-refractivity contribution in [3.8, 4) is 5.75 Å². The minimum absolute atomic E-state index is 0.107. The fourth-order valence-electron chi connectivity index (χ4n) is 1.90. The number of hydrogen-bond donors (Lipinski definition) is 1. The van der Waals surface area contributed by atoms with Gasteiger partial charge in [0.2, 0.25) is 0 Å². The molecule has 5 heteroatoms. The number of hydrogen-bond acceptors (Lipinski definition) is 4. The second-order valence-corrected chi connectivity index (χ2v) is 5.65. The van der Waals surface area contributed by atoms with E-state index < -0.39 is 0 Å². The fraction of sp³-hybridized carbons (Fsp3) is 0.562. The molecule has 0 heterocycles. The lowest BCUT2D eigenvalue weighted by molar-refractivity contribution is -0.146. The summed E-state index contributed by atoms with van der Waals surface area (Å²) in [6.07, 6.45) is 4.31. The molecule has 4 nitrogen and oxygen atoms in total. The second kappa shape index (κ2) is 8.25. The van der Waals surface area contributed by atoms with Gasteiger partial charge in [0.15, 0.2) is 6.61 Å². The number of esters is 1. The van der Waals surface area contributed by atoms with E-state index in [-0.39, 0.29) is 12.6 Å². The van der Waals surface area contributed by atoms with Crippen LogP contribution in [-0.4, -0.2) is 25.2 Å². The van der Waals surface area contributed by atoms with Crippen molar-refractivity contribution in [2.45, 2.75) is 45.2 Å². The van der Waals surface area contributed by atoms with Crippen molar-refractivity contribution in [1.29, 1.82) is 0 Å². The van der Waals surface area contributed by atoms with Crippen molar-refractivity contribution in [3.63, 3.8) is 0 Å². The van der Waals surface area contributed by atoms with Gasteiger partial charge >= 0.3 is 5.97 Å². The summed E-state index contributed by atoms with van der Waals surface area (Å²) in [6, 6.07) is 6.22. The molecule has 2 rings (SSSR count). The van der Waals surface area contributed by atoms with Crippen LogP contribution in [0.25, 0.3) is 0 Å². The second-order valence-electron chi connectivity index (χ2n) is 5.25. The molecule has 0 aromatic heterocycles. The molecule has 0 spiro atoms. The van der Waals surface area contributed by atoms with Crippen molar-refractivity contribution in [2.24, 2.45) is 0 Å². The zero-order chi connectivity index (χ0) is 15.1. The number of nitrogens with one attached hydrogen (secondary N) is 1. The van der Waals surface area contributed by atoms with E-state index in [1.807, 2.05) is 19.1 Å². The monoisotopic (exact) mass is 311 g/mol. The van der Waals surface area contributed by atoms with Crippen LogP contribution in [0.3, 0.4) is 0 Å². The molecule has 1 N–H and O–H groups in total. The maximum absolute atomic E-state index is 11.6. The zero-order valence-electron chi connectivity index (χ0n) is 12.4. The number of halogens is 1. The first-order valence-corrected chi connectivity index (χ1v) is 7.87. The highest BCUT2D eigenvalue weighted by Gasteiger charge is 2.21. The molecular weight excluding hydrogens is 290 g/mol. The third-order valence-electron chi connectivity index (χ3n) is 3.30. The van der Waals surface area contributed by atoms with E-state index in [9.17, 15) is 4.79 Å². The quantitative estimate of drug-likeness (QED) is 0.561. The average molecular weight is 312 g/mol. The third-order valence-corrected chi connectivity index (χ3v) is 3.60. The summed E-state index contributed by atoms with van der Waals surface area (Å²) in [4.78, 5) is 11.6. The number of carbonyl (C=O) groups excluding carboxylic acids is 1. The summed E-state index contributed by atoms with van der Waals surface area (Å²) < 4.78 is 10.6. The summed E-state index contributed by atoms with van der Waals surface area (Å²) in [5, 5.41) is 3.94. The minimum atomic E-state index is -0.357. The number of carbonyl (C=O) groups is 1. The van der Waals surface area contributed by atoms with Crippen LogP contribution in [0.2, 0.25) is 5.02 Å². The molecular formula is C16H22ClNO3. The van der Waals surface area contributed by atoms with Gasteiger partial charge < -0.3 is 14.8 Å². The topological polar surface area (TPSA) is 47.6 Å². The van der Waals surface area contributed by atoms with Crippen LogP contribution in [0.5, 0.6) is 5.75 Å². The molecule has 1 fully saturated rings. The van der Waals surface area contributed by atoms with Crippen molar-refractivity contribution >= 4 is 17.6 Å². The lowest BCUT2D eigenvalue weighted by Crippen LogP contribution is -2.19. The van der Waals surface area contributed by atoms with Crippen LogP contribution >= 0.6 is 11.6 Å². The van der Waals surface area contributed by atoms with E-state index in [0.717, 1.165) is 18.4 Å². The molecule has 1 aliphatic rings. The number of unbranched alkanes of at least 4 members (excludes halogenated alkanes) is 1. The molecule has 0 amide bonds. The van der Waals surface area contributed by atoms with Gasteiger partial charge in [-0.2, -0.15) is 0 Å². The summed E-state index contributed by atoms with van der Waals surface area (Å²) in [5.74, 6) is 0.212. The maximum Gasteiger partial charge on any atom is 0.344 e. The van der Waals surface area contributed by atoms with E-state index in [1.54, 1.807) is 6.07 Å². The fourth-order valence-corrected chi connectivity index (χ4v) is 2.15. The number of para-hydroxylation sites is 1. The Labute approximate surface area is 130 Å². The average Bonchev–Trinajstić information content (AvgIpc) is 3.28. The summed E-state index contributed by atoms with van der Waals surface area (Å²) in [5.41, 5.74) is 0.968. The number of rotatable bonds is 9. The van der Waals surface area contributed by atoms with Crippen LogP contribution < -0.4 is 10.1 Å². The highest BCUT2D eigenvalue weighted by molar-refractivity contribution is 6.32. The Bertz CT molecular complexity index is 475. The highest BCUT2D eigenvalue weighted by atomic mass is 35.5. The van der Waals surface area contributed by atoms with E-state index in [2.05, 4.69) is 5.32 Å². The molecule has 1 aliphatic carbocycles. The summed E-state index contributed by atoms with van der Waals surface area (Å²) in [6.45, 7) is 3.08. The van der Waals surface area contributed by atoms with Gasteiger partial charge in [-0.05, 0) is 25.3 Å². The number of ether oxygens (including phenoxy) is 2. The van der Waals surface area contributed by atoms with E-state index in [0.29, 0.717) is 30.0 Å². The number of benzene rings is 1. The molecule has 1 saturated carbocycles. The van der Waals surface area contributed by atoms with Gasteiger partial charge in [-0.1, -0.05) is 37.1 Å². The van der Waals surface area contributed by atoms with Gasteiger partial charge in [-0.15, -0.1) is 0 Å². The van der Waals surface area contributed by atoms with Crippen molar-refractivity contribution in [1.82, 2.24) is 5.32 Å². The Morgan fingerprint density at radius 2 is 2.24 bits per heavy atom. The van der Waals surface area contributed by atoms with Gasteiger partial charge in [0, 0.05) is 18.2 Å². The Morgan fingerprint density at radius 3 is 2.95 bits per heavy atom. The smallest absolute Gasteiger partial charge is 0.344 e. The largest absolute Gasteiger partial charge is 0.480 e. The molecule has 21 heavy (non-hydrogen) atoms. The molecule has 116 valence electrons. The molecule has 0 bridgehead atoms. The molecule has 0 aliphatic heterocycles. The Hall–Kier alpha value is -1.26. The SMILES string of the molecule is CCCCOC(=O)COc1c(Cl)cccc1CNC1CC1. The van der Waals surface area contributed by atoms with E-state index in [1.165, 1.54) is 12.8 Å². The predicted molar refractivity (Wildman–Crippen MR) is 82.7 cm³/mol. The van der Waals surface area contributed by atoms with Crippen LogP contribution in [0.4, 0.5) is 0 Å². The van der Waals surface area contributed by atoms with E-state index in [4.69, 9.17) is 21.1 Å². The van der Waals surface area contributed by atoms with Gasteiger partial charge in [0.1, 0.15) is 5.75 Å². The van der Waals surface area contributed by atoms with Gasteiger partial charge in [0.25, 0.3) is 0 Å². The lowest BCUT2D eigenvalue weighted by atomic mass is 10.2. The first kappa shape index (κ1) is 16.1. The minimum Gasteiger partial charge on any atom is -0.480 e. The first-order valence-electron chi connectivity index (χ1n) is 7.50. The first-order chi connectivity index (χ1) is 10.2. The molecule has 0 unspecified atom stereocenters. The summed E-state index contributed by atoms with van der Waals surface area (Å²) in [7, 11) is 0. The maximum atomic E-state index is 11.6. The van der Waals surface area contributed by atoms with Crippen LogP contribution in [-0.2, 0) is 16.1 Å². The molecule has 0 saturated heterocycles. The predicted octanol–water partition coefficient (Wildman–Crippen LogP) is 3.31. The van der Waals surface area contributed by atoms with Crippen molar-refractivity contribution in [2.75, 3.05) is 13.2 Å². The van der Waals surface area contributed by atoms with Crippen molar-refractivity contribution < 1.29 is 14.3 Å². The Kier molecular flexibility index (Phi) is 6.33. The Morgan fingerprint density at radius 1 is 1.43 bits per heavy atom. The van der Waals surface area contributed by atoms with Crippen LogP contribution in [0.1, 0.15) is 38.2 Å². The Balaban J connectivity index is 1.86. The summed E-state index contributed by atoms with van der Waals surface area (Å²) >= 11 is 6.17. The molecule has 1 aromatic rings. The van der Waals surface area contributed by atoms with E-state index >= 15 is 0 Å². The zero-order valence-corrected chi connectivity index (χ0v) is 13.1.